The Morgan fingerprint density at radius 2 is 1.80 bits per heavy atom. The summed E-state index contributed by atoms with van der Waals surface area (Å²) in [6.07, 6.45) is 0. The number of benzene rings is 2. The summed E-state index contributed by atoms with van der Waals surface area (Å²) in [7, 11) is 1.65. The van der Waals surface area contributed by atoms with E-state index >= 15 is 0 Å². The van der Waals surface area contributed by atoms with Crippen molar-refractivity contribution in [2.45, 2.75) is 6.61 Å². The van der Waals surface area contributed by atoms with Gasteiger partial charge in [-0.1, -0.05) is 48.0 Å². The summed E-state index contributed by atoms with van der Waals surface area (Å²) in [6.45, 7) is 0.468. The van der Waals surface area contributed by atoms with E-state index < -0.39 is 0 Å². The zero-order chi connectivity index (χ0) is 13.9. The maximum Gasteiger partial charge on any atom is 0.0884 e. The van der Waals surface area contributed by atoms with Crippen molar-refractivity contribution in [2.75, 3.05) is 7.11 Å². The van der Waals surface area contributed by atoms with Gasteiger partial charge in [0.05, 0.1) is 22.8 Å². The standard InChI is InChI=1S/C17H14ClNO/c1-20-11-14-10-16(18)15-9-13(7-8-17(15)19-14)12-5-3-2-4-6-12/h2-10H,11H2,1H3. The molecule has 100 valence electrons. The molecular formula is C17H14ClNO. The number of rotatable bonds is 3. The van der Waals surface area contributed by atoms with E-state index in [1.807, 2.05) is 30.3 Å². The average Bonchev–Trinajstić information content (AvgIpc) is 2.48. The maximum absolute atomic E-state index is 6.36. The summed E-state index contributed by atoms with van der Waals surface area (Å²) in [6, 6.07) is 18.3. The molecule has 3 rings (SSSR count). The van der Waals surface area contributed by atoms with Gasteiger partial charge in [-0.25, -0.2) is 0 Å². The lowest BCUT2D eigenvalue weighted by Gasteiger charge is -2.07. The molecule has 20 heavy (non-hydrogen) atoms. The number of methoxy groups -OCH3 is 1. The van der Waals surface area contributed by atoms with Crippen molar-refractivity contribution in [3.05, 3.63) is 65.3 Å². The third-order valence-electron chi connectivity index (χ3n) is 3.21. The van der Waals surface area contributed by atoms with Crippen molar-refractivity contribution in [1.82, 2.24) is 4.98 Å². The van der Waals surface area contributed by atoms with Crippen molar-refractivity contribution in [1.29, 1.82) is 0 Å². The number of halogens is 1. The molecule has 0 fully saturated rings. The Labute approximate surface area is 123 Å². The van der Waals surface area contributed by atoms with Crippen LogP contribution in [-0.2, 0) is 11.3 Å². The van der Waals surface area contributed by atoms with E-state index in [-0.39, 0.29) is 0 Å². The lowest BCUT2D eigenvalue weighted by molar-refractivity contribution is 0.182. The van der Waals surface area contributed by atoms with Gasteiger partial charge in [-0.15, -0.1) is 0 Å². The molecule has 0 N–H and O–H groups in total. The van der Waals surface area contributed by atoms with Crippen LogP contribution in [0.3, 0.4) is 0 Å². The highest BCUT2D eigenvalue weighted by molar-refractivity contribution is 6.35. The summed E-state index contributed by atoms with van der Waals surface area (Å²) in [5.74, 6) is 0. The summed E-state index contributed by atoms with van der Waals surface area (Å²) in [4.78, 5) is 4.55. The largest absolute Gasteiger partial charge is 0.378 e. The SMILES string of the molecule is COCc1cc(Cl)c2cc(-c3ccccc3)ccc2n1. The van der Waals surface area contributed by atoms with Crippen molar-refractivity contribution < 1.29 is 4.74 Å². The molecule has 3 aromatic rings. The van der Waals surface area contributed by atoms with Gasteiger partial charge in [-0.2, -0.15) is 0 Å². The molecule has 0 spiro atoms. The van der Waals surface area contributed by atoms with Crippen LogP contribution in [0.2, 0.25) is 5.02 Å². The molecular weight excluding hydrogens is 270 g/mol. The highest BCUT2D eigenvalue weighted by Gasteiger charge is 2.06. The van der Waals surface area contributed by atoms with Gasteiger partial charge in [0, 0.05) is 12.5 Å². The van der Waals surface area contributed by atoms with Crippen LogP contribution in [0.5, 0.6) is 0 Å². The van der Waals surface area contributed by atoms with E-state index in [1.165, 1.54) is 5.56 Å². The summed E-state index contributed by atoms with van der Waals surface area (Å²) in [5, 5.41) is 1.67. The van der Waals surface area contributed by atoms with E-state index in [4.69, 9.17) is 16.3 Å². The Morgan fingerprint density at radius 3 is 2.55 bits per heavy atom. The number of aromatic nitrogens is 1. The lowest BCUT2D eigenvalue weighted by Crippen LogP contribution is -1.93. The Bertz CT molecular complexity index is 741. The molecule has 0 saturated carbocycles. The topological polar surface area (TPSA) is 22.1 Å². The van der Waals surface area contributed by atoms with Crippen molar-refractivity contribution in [3.8, 4) is 11.1 Å². The molecule has 0 aliphatic rings. The van der Waals surface area contributed by atoms with E-state index in [0.717, 1.165) is 22.2 Å². The number of nitrogens with zero attached hydrogens (tertiary/aromatic N) is 1. The summed E-state index contributed by atoms with van der Waals surface area (Å²) in [5.41, 5.74) is 4.05. The Kier molecular flexibility index (Phi) is 3.68. The van der Waals surface area contributed by atoms with Gasteiger partial charge in [0.15, 0.2) is 0 Å². The molecule has 2 aromatic carbocycles. The molecule has 0 aliphatic carbocycles. The van der Waals surface area contributed by atoms with E-state index in [0.29, 0.717) is 11.6 Å². The minimum atomic E-state index is 0.468. The number of fused-ring (bicyclic) bond motifs is 1. The van der Waals surface area contributed by atoms with Gasteiger partial charge < -0.3 is 4.74 Å². The van der Waals surface area contributed by atoms with Gasteiger partial charge in [0.1, 0.15) is 0 Å². The predicted molar refractivity (Wildman–Crippen MR) is 82.9 cm³/mol. The van der Waals surface area contributed by atoms with Gasteiger partial charge in [-0.3, -0.25) is 4.98 Å². The number of hydrogen-bond acceptors (Lipinski definition) is 2. The molecule has 1 heterocycles. The molecule has 0 radical (unpaired) electrons. The molecule has 2 nitrogen and oxygen atoms in total. The highest BCUT2D eigenvalue weighted by atomic mass is 35.5. The molecule has 3 heteroatoms. The quantitative estimate of drug-likeness (QED) is 0.695. The maximum atomic E-state index is 6.36. The number of hydrogen-bond donors (Lipinski definition) is 0. The first-order chi connectivity index (χ1) is 9.78. The van der Waals surface area contributed by atoms with E-state index in [1.54, 1.807) is 7.11 Å². The van der Waals surface area contributed by atoms with Crippen LogP contribution in [0.1, 0.15) is 5.69 Å². The van der Waals surface area contributed by atoms with Crippen LogP contribution in [-0.4, -0.2) is 12.1 Å². The fourth-order valence-electron chi connectivity index (χ4n) is 2.27. The fourth-order valence-corrected chi connectivity index (χ4v) is 2.55. The fraction of sp³-hybridized carbons (Fsp3) is 0.118. The summed E-state index contributed by atoms with van der Waals surface area (Å²) >= 11 is 6.36. The molecule has 0 aliphatic heterocycles. The first-order valence-corrected chi connectivity index (χ1v) is 6.79. The lowest BCUT2D eigenvalue weighted by atomic mass is 10.0. The minimum absolute atomic E-state index is 0.468. The zero-order valence-corrected chi connectivity index (χ0v) is 11.9. The van der Waals surface area contributed by atoms with Gasteiger partial charge in [0.2, 0.25) is 0 Å². The van der Waals surface area contributed by atoms with Gasteiger partial charge >= 0.3 is 0 Å². The highest BCUT2D eigenvalue weighted by Crippen LogP contribution is 2.28. The second-order valence-electron chi connectivity index (χ2n) is 4.63. The first-order valence-electron chi connectivity index (χ1n) is 6.41. The summed E-state index contributed by atoms with van der Waals surface area (Å²) < 4.78 is 5.10. The molecule has 1 aromatic heterocycles. The van der Waals surface area contributed by atoms with Crippen molar-refractivity contribution >= 4 is 22.5 Å². The third kappa shape index (κ3) is 2.53. The number of ether oxygens (including phenoxy) is 1. The van der Waals surface area contributed by atoms with Gasteiger partial charge in [-0.05, 0) is 29.3 Å². The Morgan fingerprint density at radius 1 is 1.00 bits per heavy atom. The van der Waals surface area contributed by atoms with Crippen LogP contribution >= 0.6 is 11.6 Å². The van der Waals surface area contributed by atoms with Crippen LogP contribution in [0, 0.1) is 0 Å². The smallest absolute Gasteiger partial charge is 0.0884 e. The first kappa shape index (κ1) is 13.1. The monoisotopic (exact) mass is 283 g/mol. The predicted octanol–water partition coefficient (Wildman–Crippen LogP) is 4.70. The molecule has 0 bridgehead atoms. The van der Waals surface area contributed by atoms with Crippen LogP contribution in [0.4, 0.5) is 0 Å². The number of pyridine rings is 1. The van der Waals surface area contributed by atoms with Crippen LogP contribution < -0.4 is 0 Å². The second kappa shape index (κ2) is 5.61. The Hall–Kier alpha value is -1.90. The van der Waals surface area contributed by atoms with Crippen molar-refractivity contribution in [2.24, 2.45) is 0 Å². The average molecular weight is 284 g/mol. The Balaban J connectivity index is 2.12. The molecule has 0 amide bonds. The van der Waals surface area contributed by atoms with Gasteiger partial charge in [0.25, 0.3) is 0 Å². The third-order valence-corrected chi connectivity index (χ3v) is 3.52. The molecule has 0 atom stereocenters. The molecule has 0 unspecified atom stereocenters. The normalized spacial score (nSPS) is 10.9. The molecule has 0 saturated heterocycles. The zero-order valence-electron chi connectivity index (χ0n) is 11.1. The van der Waals surface area contributed by atoms with Crippen LogP contribution in [0.25, 0.3) is 22.0 Å². The van der Waals surface area contributed by atoms with Crippen molar-refractivity contribution in [3.63, 3.8) is 0 Å². The van der Waals surface area contributed by atoms with E-state index in [9.17, 15) is 0 Å². The second-order valence-corrected chi connectivity index (χ2v) is 5.03. The van der Waals surface area contributed by atoms with Crippen LogP contribution in [0.15, 0.2) is 54.6 Å². The van der Waals surface area contributed by atoms with E-state index in [2.05, 4.69) is 29.2 Å². The minimum Gasteiger partial charge on any atom is -0.378 e.